The van der Waals surface area contributed by atoms with Crippen molar-refractivity contribution >= 4 is 17.9 Å². The minimum absolute atomic E-state index is 0.120. The average Bonchev–Trinajstić information content (AvgIpc) is 2.55. The van der Waals surface area contributed by atoms with Gasteiger partial charge >= 0.3 is 0 Å². The van der Waals surface area contributed by atoms with E-state index in [0.29, 0.717) is 0 Å². The Bertz CT molecular complexity index is 714. The van der Waals surface area contributed by atoms with Crippen molar-refractivity contribution in [2.75, 3.05) is 0 Å². The summed E-state index contributed by atoms with van der Waals surface area (Å²) in [7, 11) is 0. The number of nitrogens with one attached hydrogen (secondary N) is 1. The third kappa shape index (κ3) is 4.78. The molecule has 0 saturated heterocycles. The van der Waals surface area contributed by atoms with Gasteiger partial charge in [0.2, 0.25) is 5.91 Å². The minimum atomic E-state index is -0.901. The normalized spacial score (nSPS) is 12.0. The van der Waals surface area contributed by atoms with Gasteiger partial charge in [-0.3, -0.25) is 9.59 Å². The Hall–Kier alpha value is -2.95. The molecule has 2 aromatic rings. The molecule has 0 spiro atoms. The molecule has 2 aromatic carbocycles. The first kappa shape index (κ1) is 16.4. The van der Waals surface area contributed by atoms with Crippen molar-refractivity contribution in [3.8, 4) is 0 Å². The van der Waals surface area contributed by atoms with E-state index in [1.54, 1.807) is 12.1 Å². The summed E-state index contributed by atoms with van der Waals surface area (Å²) in [6.07, 6.45) is 3.79. The van der Waals surface area contributed by atoms with Crippen LogP contribution >= 0.6 is 0 Å². The summed E-state index contributed by atoms with van der Waals surface area (Å²) in [6.45, 7) is 0. The molecule has 2 rings (SSSR count). The first-order chi connectivity index (χ1) is 11.1. The van der Waals surface area contributed by atoms with Crippen LogP contribution < -0.4 is 11.1 Å². The molecule has 0 saturated carbocycles. The zero-order chi connectivity index (χ0) is 16.7. The highest BCUT2D eigenvalue weighted by Gasteiger charge is 2.19. The molecule has 0 aliphatic heterocycles. The number of hydrogen-bond acceptors (Lipinski definition) is 2. The number of carbonyl (C=O) groups is 2. The predicted molar refractivity (Wildman–Crippen MR) is 86.9 cm³/mol. The summed E-state index contributed by atoms with van der Waals surface area (Å²) in [4.78, 5) is 23.5. The van der Waals surface area contributed by atoms with Crippen LogP contribution in [0.3, 0.4) is 0 Å². The number of hydrogen-bond donors (Lipinski definition) is 2. The van der Waals surface area contributed by atoms with Crippen LogP contribution in [0.25, 0.3) is 6.08 Å². The second-order valence-corrected chi connectivity index (χ2v) is 4.96. The maximum absolute atomic E-state index is 13.6. The van der Waals surface area contributed by atoms with Gasteiger partial charge in [-0.2, -0.15) is 0 Å². The summed E-state index contributed by atoms with van der Waals surface area (Å²) in [5, 5.41) is 2.46. The number of primary amides is 1. The minimum Gasteiger partial charge on any atom is -0.368 e. The van der Waals surface area contributed by atoms with Crippen molar-refractivity contribution in [1.29, 1.82) is 0 Å². The molecule has 0 aromatic heterocycles. The fourth-order valence-corrected chi connectivity index (χ4v) is 2.03. The molecule has 3 N–H and O–H groups in total. The quantitative estimate of drug-likeness (QED) is 0.860. The monoisotopic (exact) mass is 312 g/mol. The number of benzene rings is 2. The van der Waals surface area contributed by atoms with Gasteiger partial charge in [0.15, 0.2) is 0 Å². The van der Waals surface area contributed by atoms with E-state index in [9.17, 15) is 14.0 Å². The first-order valence-electron chi connectivity index (χ1n) is 7.14. The van der Waals surface area contributed by atoms with Crippen molar-refractivity contribution in [3.05, 3.63) is 77.6 Å². The third-order valence-electron chi connectivity index (χ3n) is 3.25. The number of carbonyl (C=O) groups excluding carboxylic acids is 2. The second-order valence-electron chi connectivity index (χ2n) is 4.96. The highest BCUT2D eigenvalue weighted by molar-refractivity contribution is 5.97. The van der Waals surface area contributed by atoms with E-state index < -0.39 is 23.7 Å². The molecule has 0 unspecified atom stereocenters. The summed E-state index contributed by atoms with van der Waals surface area (Å²) in [5.41, 5.74) is 6.15. The zero-order valence-corrected chi connectivity index (χ0v) is 12.4. The fraction of sp³-hybridized carbons (Fsp3) is 0.111. The lowest BCUT2D eigenvalue weighted by molar-refractivity contribution is -0.119. The molecule has 0 aliphatic carbocycles. The van der Waals surface area contributed by atoms with Gasteiger partial charge in [0.25, 0.3) is 5.91 Å². The Morgan fingerprint density at radius 2 is 1.74 bits per heavy atom. The van der Waals surface area contributed by atoms with Gasteiger partial charge in [-0.05, 0) is 24.1 Å². The Morgan fingerprint density at radius 3 is 2.39 bits per heavy atom. The maximum Gasteiger partial charge on any atom is 0.254 e. The molecular formula is C18H17FN2O2. The SMILES string of the molecule is NC(=O)[C@@H](C/C=C/c1ccccc1)NC(=O)c1ccccc1F. The lowest BCUT2D eigenvalue weighted by Crippen LogP contribution is -2.44. The van der Waals surface area contributed by atoms with E-state index in [1.165, 1.54) is 18.2 Å². The van der Waals surface area contributed by atoms with Crippen LogP contribution in [0.2, 0.25) is 0 Å². The van der Waals surface area contributed by atoms with E-state index in [0.717, 1.165) is 5.56 Å². The lowest BCUT2D eigenvalue weighted by Gasteiger charge is -2.14. The maximum atomic E-state index is 13.6. The van der Waals surface area contributed by atoms with Crippen LogP contribution in [-0.2, 0) is 4.79 Å². The van der Waals surface area contributed by atoms with Gasteiger partial charge in [-0.15, -0.1) is 0 Å². The molecule has 0 radical (unpaired) electrons. The molecule has 0 bridgehead atoms. The highest BCUT2D eigenvalue weighted by Crippen LogP contribution is 2.08. The van der Waals surface area contributed by atoms with Crippen LogP contribution in [-0.4, -0.2) is 17.9 Å². The number of amides is 2. The van der Waals surface area contributed by atoms with E-state index in [2.05, 4.69) is 5.32 Å². The fourth-order valence-electron chi connectivity index (χ4n) is 2.03. The van der Waals surface area contributed by atoms with Crippen molar-refractivity contribution in [3.63, 3.8) is 0 Å². The molecule has 2 amide bonds. The van der Waals surface area contributed by atoms with E-state index in [4.69, 9.17) is 5.73 Å². The van der Waals surface area contributed by atoms with Gasteiger partial charge in [0, 0.05) is 0 Å². The van der Waals surface area contributed by atoms with Crippen LogP contribution in [0, 0.1) is 5.82 Å². The molecule has 1 atom stereocenters. The van der Waals surface area contributed by atoms with E-state index >= 15 is 0 Å². The molecule has 4 nitrogen and oxygen atoms in total. The van der Waals surface area contributed by atoms with Gasteiger partial charge in [-0.25, -0.2) is 4.39 Å². The van der Waals surface area contributed by atoms with Crippen LogP contribution in [0.1, 0.15) is 22.3 Å². The second kappa shape index (κ2) is 7.89. The van der Waals surface area contributed by atoms with E-state index in [1.807, 2.05) is 36.4 Å². The highest BCUT2D eigenvalue weighted by atomic mass is 19.1. The standard InChI is InChI=1S/C18H17FN2O2/c19-15-11-5-4-10-14(15)18(23)21-16(17(20)22)12-6-9-13-7-2-1-3-8-13/h1-11,16H,12H2,(H2,20,22)(H,21,23)/b9-6+/t16-/m1/s1. The predicted octanol–water partition coefficient (Wildman–Crippen LogP) is 2.51. The molecular weight excluding hydrogens is 295 g/mol. The van der Waals surface area contributed by atoms with Crippen molar-refractivity contribution < 1.29 is 14.0 Å². The Kier molecular flexibility index (Phi) is 5.63. The van der Waals surface area contributed by atoms with Crippen LogP contribution in [0.4, 0.5) is 4.39 Å². The number of halogens is 1. The summed E-state index contributed by atoms with van der Waals surface area (Å²) < 4.78 is 13.6. The van der Waals surface area contributed by atoms with Gasteiger partial charge < -0.3 is 11.1 Å². The van der Waals surface area contributed by atoms with Crippen molar-refractivity contribution in [2.24, 2.45) is 5.73 Å². The molecule has 0 aliphatic rings. The number of rotatable bonds is 6. The average molecular weight is 312 g/mol. The van der Waals surface area contributed by atoms with Crippen LogP contribution in [0.15, 0.2) is 60.7 Å². The molecule has 0 fully saturated rings. The largest absolute Gasteiger partial charge is 0.368 e. The topological polar surface area (TPSA) is 72.2 Å². The zero-order valence-electron chi connectivity index (χ0n) is 12.4. The lowest BCUT2D eigenvalue weighted by atomic mass is 10.1. The first-order valence-corrected chi connectivity index (χ1v) is 7.14. The van der Waals surface area contributed by atoms with Crippen LogP contribution in [0.5, 0.6) is 0 Å². The van der Waals surface area contributed by atoms with Crippen molar-refractivity contribution in [1.82, 2.24) is 5.32 Å². The Balaban J connectivity index is 2.02. The van der Waals surface area contributed by atoms with Crippen molar-refractivity contribution in [2.45, 2.75) is 12.5 Å². The van der Waals surface area contributed by atoms with Gasteiger partial charge in [-0.1, -0.05) is 54.6 Å². The van der Waals surface area contributed by atoms with E-state index in [-0.39, 0.29) is 12.0 Å². The Morgan fingerprint density at radius 1 is 1.09 bits per heavy atom. The molecule has 5 heteroatoms. The van der Waals surface area contributed by atoms with Gasteiger partial charge in [0.05, 0.1) is 5.56 Å². The third-order valence-corrected chi connectivity index (χ3v) is 3.25. The summed E-state index contributed by atoms with van der Waals surface area (Å²) in [6, 6.07) is 14.2. The molecule has 0 heterocycles. The Labute approximate surface area is 133 Å². The number of nitrogens with two attached hydrogens (primary N) is 1. The van der Waals surface area contributed by atoms with Gasteiger partial charge in [0.1, 0.15) is 11.9 Å². The smallest absolute Gasteiger partial charge is 0.254 e. The molecule has 118 valence electrons. The summed E-state index contributed by atoms with van der Waals surface area (Å²) >= 11 is 0. The summed E-state index contributed by atoms with van der Waals surface area (Å²) in [5.74, 6) is -1.99. The molecule has 23 heavy (non-hydrogen) atoms.